The van der Waals surface area contributed by atoms with Gasteiger partial charge in [-0.2, -0.15) is 0 Å². The van der Waals surface area contributed by atoms with Crippen molar-refractivity contribution in [3.05, 3.63) is 88.8 Å². The van der Waals surface area contributed by atoms with Crippen LogP contribution in [0.1, 0.15) is 235 Å². The molecule has 0 aliphatic heterocycles. The van der Waals surface area contributed by atoms with E-state index < -0.39 is 0 Å². The van der Waals surface area contributed by atoms with E-state index in [0.29, 0.717) is 35.5 Å². The van der Waals surface area contributed by atoms with E-state index in [1.54, 1.807) is 0 Å². The summed E-state index contributed by atoms with van der Waals surface area (Å²) in [7, 11) is 0. The Balaban J connectivity index is -0.000000119. The molecular weight excluding hydrogens is 583 g/mol. The first-order valence-corrected chi connectivity index (χ1v) is 19.7. The number of hydrogen-bond acceptors (Lipinski definition) is 3. The molecule has 3 aromatic rings. The summed E-state index contributed by atoms with van der Waals surface area (Å²) in [6.45, 7) is 50.5. The van der Waals surface area contributed by atoms with Crippen LogP contribution < -0.4 is 0 Å². The second-order valence-electron chi connectivity index (χ2n) is 11.4. The van der Waals surface area contributed by atoms with Crippen LogP contribution in [0, 0.1) is 0 Å². The van der Waals surface area contributed by atoms with E-state index in [4.69, 9.17) is 0 Å². The lowest BCUT2D eigenvalue weighted by Crippen LogP contribution is -2.00. The van der Waals surface area contributed by atoms with Gasteiger partial charge in [-0.1, -0.05) is 178 Å². The third-order valence-electron chi connectivity index (χ3n) is 6.21. The number of aromatic nitrogens is 3. The van der Waals surface area contributed by atoms with Crippen LogP contribution in [0.5, 0.6) is 0 Å². The van der Waals surface area contributed by atoms with Gasteiger partial charge < -0.3 is 0 Å². The van der Waals surface area contributed by atoms with Crippen molar-refractivity contribution in [3.63, 3.8) is 0 Å². The second-order valence-corrected chi connectivity index (χ2v) is 11.4. The van der Waals surface area contributed by atoms with Crippen molar-refractivity contribution >= 4 is 0 Å². The fourth-order valence-corrected chi connectivity index (χ4v) is 4.23. The fourth-order valence-electron chi connectivity index (χ4n) is 4.23. The zero-order valence-corrected chi connectivity index (χ0v) is 37.0. The van der Waals surface area contributed by atoms with Crippen LogP contribution in [-0.4, -0.2) is 15.0 Å². The number of rotatable bonds is 6. The number of nitrogens with zero attached hydrogens (tertiary/aromatic N) is 3. The Morgan fingerprint density at radius 3 is 0.833 bits per heavy atom. The third-order valence-corrected chi connectivity index (χ3v) is 6.21. The molecule has 0 saturated carbocycles. The Bertz CT molecular complexity index is 805. The summed E-state index contributed by atoms with van der Waals surface area (Å²) in [6.07, 6.45) is 7.61. The first-order chi connectivity index (χ1) is 22.9. The van der Waals surface area contributed by atoms with Gasteiger partial charge in [0.05, 0.1) is 0 Å². The van der Waals surface area contributed by atoms with E-state index in [1.165, 1.54) is 33.6 Å². The summed E-state index contributed by atoms with van der Waals surface area (Å²) in [5, 5.41) is 0. The van der Waals surface area contributed by atoms with Crippen molar-refractivity contribution in [2.45, 2.75) is 202 Å². The van der Waals surface area contributed by atoms with Gasteiger partial charge in [0.1, 0.15) is 0 Å². The molecular formula is C45H87N3. The Kier molecular flexibility index (Phi) is 48.8. The molecule has 0 unspecified atom stereocenters. The van der Waals surface area contributed by atoms with E-state index in [9.17, 15) is 0 Å². The minimum Gasteiger partial charge on any atom is -0.264 e. The van der Waals surface area contributed by atoms with Gasteiger partial charge in [-0.3, -0.25) is 15.0 Å². The molecule has 0 aromatic carbocycles. The molecule has 3 heteroatoms. The summed E-state index contributed by atoms with van der Waals surface area (Å²) in [5.41, 5.74) is 8.06. The first kappa shape index (κ1) is 57.7. The third kappa shape index (κ3) is 26.4. The maximum atomic E-state index is 4.40. The number of hydrogen-bond donors (Lipinski definition) is 0. The van der Waals surface area contributed by atoms with E-state index in [2.05, 4.69) is 116 Å². The molecule has 0 aliphatic carbocycles. The maximum Gasteiger partial charge on any atom is 0.0463 e. The second kappa shape index (κ2) is 40.6. The quantitative estimate of drug-likeness (QED) is 0.262. The summed E-state index contributed by atoms with van der Waals surface area (Å²) < 4.78 is 0. The molecule has 0 fully saturated rings. The van der Waals surface area contributed by atoms with Crippen LogP contribution in [-0.2, 0) is 0 Å². The molecule has 0 spiro atoms. The zero-order chi connectivity index (χ0) is 39.4. The lowest BCUT2D eigenvalue weighted by molar-refractivity contribution is 0.757. The minimum absolute atomic E-state index is 0.531. The molecule has 3 nitrogen and oxygen atoms in total. The monoisotopic (exact) mass is 670 g/mol. The predicted molar refractivity (Wildman–Crippen MR) is 225 cm³/mol. The van der Waals surface area contributed by atoms with Crippen molar-refractivity contribution in [3.8, 4) is 0 Å². The zero-order valence-electron chi connectivity index (χ0n) is 37.0. The predicted octanol–water partition coefficient (Wildman–Crippen LogP) is 16.1. The molecule has 0 saturated heterocycles. The minimum atomic E-state index is 0.531. The van der Waals surface area contributed by atoms with Crippen LogP contribution in [0.2, 0.25) is 0 Å². The van der Waals surface area contributed by atoms with Gasteiger partial charge in [-0.15, -0.1) is 0 Å². The molecule has 3 heterocycles. The van der Waals surface area contributed by atoms with Crippen LogP contribution in [0.25, 0.3) is 0 Å². The van der Waals surface area contributed by atoms with Crippen molar-refractivity contribution in [2.24, 2.45) is 0 Å². The number of pyridine rings is 3. The SMILES string of the molecule is CC.CC.CC.CC.CC.CC.CC(C)c1cccnc1C(C)C.CC(C)c1cccnc1C(C)C.CC(C)c1ccncc1C(C)C. The molecule has 282 valence electrons. The normalized spacial score (nSPS) is 9.12. The Hall–Kier alpha value is -2.55. The molecule has 0 N–H and O–H groups in total. The first-order valence-electron chi connectivity index (χ1n) is 19.7. The smallest absolute Gasteiger partial charge is 0.0463 e. The molecule has 3 aromatic heterocycles. The molecule has 0 aliphatic rings. The van der Waals surface area contributed by atoms with Crippen molar-refractivity contribution < 1.29 is 0 Å². The van der Waals surface area contributed by atoms with Crippen LogP contribution >= 0.6 is 0 Å². The summed E-state index contributed by atoms with van der Waals surface area (Å²) in [4.78, 5) is 12.9. The summed E-state index contributed by atoms with van der Waals surface area (Å²) in [6, 6.07) is 10.5. The van der Waals surface area contributed by atoms with Gasteiger partial charge >= 0.3 is 0 Å². The van der Waals surface area contributed by atoms with E-state index in [-0.39, 0.29) is 0 Å². The van der Waals surface area contributed by atoms with Gasteiger partial charge in [0, 0.05) is 36.2 Å². The average Bonchev–Trinajstić information content (AvgIpc) is 3.13. The standard InChI is InChI=1S/3C11H17N.6C2H6/c1-8(2)10-5-6-12-7-11(10)9(3)4;2*1-8(2)10-6-5-7-12-11(10)9(3)4;6*1-2/h3*5-9H,1-4H3;6*1-2H3. The summed E-state index contributed by atoms with van der Waals surface area (Å²) in [5.74, 6) is 3.40. The van der Waals surface area contributed by atoms with Gasteiger partial charge in [-0.05, 0) is 76.0 Å². The highest BCUT2D eigenvalue weighted by molar-refractivity contribution is 5.29. The maximum absolute atomic E-state index is 4.40. The van der Waals surface area contributed by atoms with Crippen molar-refractivity contribution in [1.29, 1.82) is 0 Å². The van der Waals surface area contributed by atoms with Gasteiger partial charge in [0.15, 0.2) is 0 Å². The largest absolute Gasteiger partial charge is 0.264 e. The molecule has 0 bridgehead atoms. The molecule has 0 atom stereocenters. The van der Waals surface area contributed by atoms with Crippen LogP contribution in [0.15, 0.2) is 55.1 Å². The lowest BCUT2D eigenvalue weighted by atomic mass is 9.93. The topological polar surface area (TPSA) is 38.7 Å². The molecule has 0 amide bonds. The Morgan fingerprint density at radius 1 is 0.333 bits per heavy atom. The lowest BCUT2D eigenvalue weighted by Gasteiger charge is -2.14. The van der Waals surface area contributed by atoms with Crippen molar-refractivity contribution in [1.82, 2.24) is 15.0 Å². The van der Waals surface area contributed by atoms with Crippen LogP contribution in [0.4, 0.5) is 0 Å². The van der Waals surface area contributed by atoms with E-state index in [0.717, 1.165) is 0 Å². The van der Waals surface area contributed by atoms with Crippen LogP contribution in [0.3, 0.4) is 0 Å². The van der Waals surface area contributed by atoms with Crippen molar-refractivity contribution in [2.75, 3.05) is 0 Å². The summed E-state index contributed by atoms with van der Waals surface area (Å²) >= 11 is 0. The average molecular weight is 670 g/mol. The highest BCUT2D eigenvalue weighted by atomic mass is 14.7. The van der Waals surface area contributed by atoms with Gasteiger partial charge in [0.2, 0.25) is 0 Å². The molecule has 48 heavy (non-hydrogen) atoms. The molecule has 3 rings (SSSR count). The highest BCUT2D eigenvalue weighted by Gasteiger charge is 2.11. The van der Waals surface area contributed by atoms with Gasteiger partial charge in [0.25, 0.3) is 0 Å². The van der Waals surface area contributed by atoms with E-state index >= 15 is 0 Å². The highest BCUT2D eigenvalue weighted by Crippen LogP contribution is 2.25. The van der Waals surface area contributed by atoms with E-state index in [1.807, 2.05) is 120 Å². The fraction of sp³-hybridized carbons (Fsp3) is 0.667. The Labute approximate surface area is 304 Å². The molecule has 0 radical (unpaired) electrons. The Morgan fingerprint density at radius 2 is 0.625 bits per heavy atom. The van der Waals surface area contributed by atoms with Gasteiger partial charge in [-0.25, -0.2) is 0 Å².